The lowest BCUT2D eigenvalue weighted by molar-refractivity contribution is -0.137. The van der Waals surface area contributed by atoms with Crippen LogP contribution < -0.4 is 4.74 Å². The van der Waals surface area contributed by atoms with Crippen LogP contribution in [-0.2, 0) is 6.18 Å². The molecule has 0 saturated carbocycles. The molecular formula is C8H4F3IO. The number of alkyl halides is 3. The minimum Gasteiger partial charge on any atom is -0.458 e. The zero-order valence-electron chi connectivity index (χ0n) is 6.23. The van der Waals surface area contributed by atoms with Gasteiger partial charge in [0.2, 0.25) is 0 Å². The first-order valence-electron chi connectivity index (χ1n) is 3.40. The van der Waals surface area contributed by atoms with Gasteiger partial charge in [-0.2, -0.15) is 13.2 Å². The van der Waals surface area contributed by atoms with Crippen molar-refractivity contribution in [1.29, 1.82) is 0 Å². The second-order valence-corrected chi connectivity index (χ2v) is 4.75. The summed E-state index contributed by atoms with van der Waals surface area (Å²) in [5, 5.41) is 0. The van der Waals surface area contributed by atoms with Gasteiger partial charge in [0.05, 0.1) is 9.13 Å². The van der Waals surface area contributed by atoms with E-state index in [1.807, 2.05) is 0 Å². The zero-order chi connectivity index (χ0) is 9.47. The third-order valence-corrected chi connectivity index (χ3v) is 3.62. The number of benzene rings is 1. The molecule has 0 radical (unpaired) electrons. The molecule has 0 atom stereocenters. The molecule has 70 valence electrons. The molecule has 5 heteroatoms. The average molecular weight is 300 g/mol. The van der Waals surface area contributed by atoms with Crippen LogP contribution in [0.1, 0.15) is 5.56 Å². The van der Waals surface area contributed by atoms with Crippen molar-refractivity contribution in [3.8, 4) is 5.75 Å². The monoisotopic (exact) mass is 300 g/mol. The molecule has 0 aromatic heterocycles. The highest BCUT2D eigenvalue weighted by molar-refractivity contribution is 14.2. The van der Waals surface area contributed by atoms with Gasteiger partial charge in [-0.3, -0.25) is 0 Å². The van der Waals surface area contributed by atoms with Gasteiger partial charge in [0.15, 0.2) is 0 Å². The van der Waals surface area contributed by atoms with E-state index in [0.717, 1.165) is 6.07 Å². The first kappa shape index (κ1) is 8.98. The Balaban J connectivity index is 2.47. The maximum atomic E-state index is 12.2. The molecule has 1 aromatic carbocycles. The maximum absolute atomic E-state index is 12.2. The van der Waals surface area contributed by atoms with E-state index in [1.54, 1.807) is 4.20 Å². The van der Waals surface area contributed by atoms with Crippen molar-refractivity contribution in [3.63, 3.8) is 0 Å². The van der Waals surface area contributed by atoms with Crippen LogP contribution in [-0.4, -0.2) is 4.20 Å². The van der Waals surface area contributed by atoms with Gasteiger partial charge < -0.3 is 4.74 Å². The Kier molecular flexibility index (Phi) is 2.05. The van der Waals surface area contributed by atoms with E-state index >= 15 is 0 Å². The van der Waals surface area contributed by atoms with E-state index in [-0.39, 0.29) is 0 Å². The molecule has 13 heavy (non-hydrogen) atoms. The zero-order valence-corrected chi connectivity index (χ0v) is 8.39. The number of hydrogen-bond acceptors (Lipinski definition) is 1. The van der Waals surface area contributed by atoms with Gasteiger partial charge in [-0.1, -0.05) is 0 Å². The summed E-state index contributed by atoms with van der Waals surface area (Å²) in [6.07, 6.45) is -4.25. The summed E-state index contributed by atoms with van der Waals surface area (Å²) in [5.74, 6) is 0.570. The van der Waals surface area contributed by atoms with Gasteiger partial charge in [0, 0.05) is 0 Å². The van der Waals surface area contributed by atoms with Crippen molar-refractivity contribution in [1.82, 2.24) is 0 Å². The molecule has 1 aliphatic heterocycles. The van der Waals surface area contributed by atoms with E-state index in [1.165, 1.54) is 12.1 Å². The standard InChI is InChI=1S/C8H4F3IO/c9-8(10,11)5-1-2-7-6(3-5)12-4-13-7/h1-4H. The van der Waals surface area contributed by atoms with Gasteiger partial charge in [0.25, 0.3) is 0 Å². The number of rotatable bonds is 0. The fraction of sp³-hybridized carbons (Fsp3) is 0.125. The Bertz CT molecular complexity index is 370. The highest BCUT2D eigenvalue weighted by Crippen LogP contribution is 2.36. The molecular weight excluding hydrogens is 296 g/mol. The number of fused-ring (bicyclic) bond motifs is 1. The van der Waals surface area contributed by atoms with E-state index in [2.05, 4.69) is 0 Å². The second-order valence-electron chi connectivity index (χ2n) is 2.46. The van der Waals surface area contributed by atoms with E-state index in [0.29, 0.717) is 9.32 Å². The maximum Gasteiger partial charge on any atom is 0.416 e. The smallest absolute Gasteiger partial charge is 0.416 e. The normalized spacial score (nSPS) is 14.7. The Hall–Kier alpha value is -0.590. The Morgan fingerprint density at radius 1 is 1.23 bits per heavy atom. The quantitative estimate of drug-likeness (QED) is 0.669. The van der Waals surface area contributed by atoms with Crippen molar-refractivity contribution in [2.75, 3.05) is 0 Å². The van der Waals surface area contributed by atoms with Gasteiger partial charge in [-0.15, -0.1) is 0 Å². The molecule has 2 rings (SSSR count). The fourth-order valence-corrected chi connectivity index (χ4v) is 2.78. The molecule has 0 amide bonds. The lowest BCUT2D eigenvalue weighted by Crippen LogP contribution is -2.04. The summed E-state index contributed by atoms with van der Waals surface area (Å²) >= 11 is -0.490. The SMILES string of the molecule is FC(F)(F)c1ccc2c(c1)I=CO2. The number of ether oxygens (including phenoxy) is 1. The number of halogens is 4. The van der Waals surface area contributed by atoms with Crippen molar-refractivity contribution in [2.24, 2.45) is 0 Å². The summed E-state index contributed by atoms with van der Waals surface area (Å²) in [6, 6.07) is 3.59. The second kappa shape index (κ2) is 2.97. The predicted molar refractivity (Wildman–Crippen MR) is 50.9 cm³/mol. The fourth-order valence-electron chi connectivity index (χ4n) is 0.976. The first-order valence-corrected chi connectivity index (χ1v) is 5.73. The minimum absolute atomic E-state index is 0.490. The minimum atomic E-state index is -4.25. The summed E-state index contributed by atoms with van der Waals surface area (Å²) < 4.78 is 44.0. The lowest BCUT2D eigenvalue weighted by Gasteiger charge is -2.06. The molecule has 0 saturated heterocycles. The molecule has 1 aliphatic rings. The molecule has 1 heterocycles. The van der Waals surface area contributed by atoms with Crippen molar-refractivity contribution >= 4 is 24.9 Å². The van der Waals surface area contributed by atoms with Crippen molar-refractivity contribution in [2.45, 2.75) is 6.18 Å². The van der Waals surface area contributed by atoms with Crippen molar-refractivity contribution in [3.05, 3.63) is 27.3 Å². The van der Waals surface area contributed by atoms with Crippen LogP contribution in [0, 0.1) is 3.57 Å². The molecule has 0 bridgehead atoms. The largest absolute Gasteiger partial charge is 0.458 e. The van der Waals surface area contributed by atoms with E-state index < -0.39 is 32.5 Å². The molecule has 0 spiro atoms. The lowest BCUT2D eigenvalue weighted by atomic mass is 10.2. The topological polar surface area (TPSA) is 9.23 Å². The van der Waals surface area contributed by atoms with Crippen LogP contribution in [0.4, 0.5) is 13.2 Å². The molecule has 1 aromatic rings. The summed E-state index contributed by atoms with van der Waals surface area (Å²) in [4.78, 5) is 0. The first-order chi connectivity index (χ1) is 6.07. The average Bonchev–Trinajstić information content (AvgIpc) is 2.47. The Morgan fingerprint density at radius 2 is 2.00 bits per heavy atom. The molecule has 0 N–H and O–H groups in total. The van der Waals surface area contributed by atoms with E-state index in [4.69, 9.17) is 4.74 Å². The van der Waals surface area contributed by atoms with Crippen LogP contribution in [0.15, 0.2) is 18.2 Å². The highest BCUT2D eigenvalue weighted by atomic mass is 127. The van der Waals surface area contributed by atoms with E-state index in [9.17, 15) is 13.2 Å². The van der Waals surface area contributed by atoms with Crippen LogP contribution in [0.5, 0.6) is 5.75 Å². The summed E-state index contributed by atoms with van der Waals surface area (Å²) in [7, 11) is 0. The van der Waals surface area contributed by atoms with Gasteiger partial charge in [0.1, 0.15) is 9.95 Å². The van der Waals surface area contributed by atoms with Crippen molar-refractivity contribution < 1.29 is 17.9 Å². The van der Waals surface area contributed by atoms with Gasteiger partial charge in [-0.05, 0) is 38.9 Å². The Morgan fingerprint density at radius 3 is 2.69 bits per heavy atom. The van der Waals surface area contributed by atoms with Crippen LogP contribution >= 0.6 is 20.7 Å². The Labute approximate surface area is 82.3 Å². The van der Waals surface area contributed by atoms with Crippen LogP contribution in [0.3, 0.4) is 0 Å². The summed E-state index contributed by atoms with van der Waals surface area (Å²) in [6.45, 7) is 0. The van der Waals surface area contributed by atoms with Gasteiger partial charge in [-0.25, -0.2) is 0 Å². The highest BCUT2D eigenvalue weighted by Gasteiger charge is 2.31. The molecule has 0 unspecified atom stereocenters. The van der Waals surface area contributed by atoms with Crippen LogP contribution in [0.2, 0.25) is 0 Å². The molecule has 0 fully saturated rings. The van der Waals surface area contributed by atoms with Gasteiger partial charge >= 0.3 is 6.18 Å². The number of hydrogen-bond donors (Lipinski definition) is 0. The van der Waals surface area contributed by atoms with Crippen LogP contribution in [0.25, 0.3) is 0 Å². The summed E-state index contributed by atoms with van der Waals surface area (Å²) in [5.41, 5.74) is -0.593. The predicted octanol–water partition coefficient (Wildman–Crippen LogP) is 3.00. The molecule has 1 nitrogen and oxygen atoms in total. The third kappa shape index (κ3) is 1.70. The third-order valence-electron chi connectivity index (χ3n) is 1.59. The molecule has 0 aliphatic carbocycles.